The van der Waals surface area contributed by atoms with Crippen molar-refractivity contribution in [3.63, 3.8) is 0 Å². The second-order valence-corrected chi connectivity index (χ2v) is 8.20. The molecule has 2 unspecified atom stereocenters. The van der Waals surface area contributed by atoms with Crippen LogP contribution in [-0.4, -0.2) is 53.8 Å². The van der Waals surface area contributed by atoms with Crippen molar-refractivity contribution < 1.29 is 28.8 Å². The highest BCUT2D eigenvalue weighted by Crippen LogP contribution is 2.37. The van der Waals surface area contributed by atoms with E-state index in [1.807, 2.05) is 36.6 Å². The number of aliphatic hydroxyl groups excluding tert-OH is 1. The first kappa shape index (κ1) is 20.7. The van der Waals surface area contributed by atoms with Crippen molar-refractivity contribution in [2.75, 3.05) is 12.9 Å². The Kier molecular flexibility index (Phi) is 6.44. The molecular weight excluding hydrogens is 416 g/mol. The summed E-state index contributed by atoms with van der Waals surface area (Å²) in [5.74, 6) is -0.557. The quantitative estimate of drug-likeness (QED) is 0.736. The van der Waals surface area contributed by atoms with Crippen molar-refractivity contribution in [2.45, 2.75) is 36.1 Å². The van der Waals surface area contributed by atoms with E-state index in [0.29, 0.717) is 10.6 Å². The van der Waals surface area contributed by atoms with Gasteiger partial charge in [-0.15, -0.1) is 11.8 Å². The van der Waals surface area contributed by atoms with E-state index in [0.717, 1.165) is 5.56 Å². The van der Waals surface area contributed by atoms with Crippen molar-refractivity contribution in [1.29, 1.82) is 0 Å². The van der Waals surface area contributed by atoms with Gasteiger partial charge in [-0.3, -0.25) is 0 Å². The van der Waals surface area contributed by atoms with Gasteiger partial charge in [0, 0.05) is 10.6 Å². The van der Waals surface area contributed by atoms with Gasteiger partial charge >= 0.3 is 5.97 Å². The highest BCUT2D eigenvalue weighted by atomic mass is 35.5. The molecule has 2 fully saturated rings. The lowest BCUT2D eigenvalue weighted by molar-refractivity contribution is -0.317. The van der Waals surface area contributed by atoms with Gasteiger partial charge in [-0.2, -0.15) is 0 Å². The minimum absolute atomic E-state index is 0.274. The molecule has 1 N–H and O–H groups in total. The molecule has 4 rings (SSSR count). The monoisotopic (exact) mass is 436 g/mol. The summed E-state index contributed by atoms with van der Waals surface area (Å²) in [6.07, 6.45) is -1.86. The lowest BCUT2D eigenvalue weighted by Crippen LogP contribution is -2.61. The minimum atomic E-state index is -1.06. The number of carbonyl (C=O) groups excluding carboxylic acids is 1. The number of esters is 1. The van der Waals surface area contributed by atoms with E-state index in [4.69, 9.17) is 30.5 Å². The summed E-state index contributed by atoms with van der Waals surface area (Å²) >= 11 is 7.23. The first-order valence-corrected chi connectivity index (χ1v) is 10.9. The Morgan fingerprint density at radius 3 is 2.55 bits per heavy atom. The van der Waals surface area contributed by atoms with Crippen LogP contribution >= 0.6 is 23.4 Å². The van der Waals surface area contributed by atoms with Crippen molar-refractivity contribution in [3.05, 3.63) is 70.7 Å². The molecule has 6 atom stereocenters. The molecule has 2 aromatic carbocycles. The number of thioether (sulfide) groups is 1. The summed E-state index contributed by atoms with van der Waals surface area (Å²) in [5.41, 5.74) is 0.654. The molecule has 8 heteroatoms. The van der Waals surface area contributed by atoms with E-state index in [-0.39, 0.29) is 6.61 Å². The zero-order valence-corrected chi connectivity index (χ0v) is 17.2. The fraction of sp³-hybridized carbons (Fsp3) is 0.381. The molecule has 0 aliphatic carbocycles. The summed E-state index contributed by atoms with van der Waals surface area (Å²) in [7, 11) is 0. The average Bonchev–Trinajstić information content (AvgIpc) is 2.76. The van der Waals surface area contributed by atoms with Gasteiger partial charge in [0.25, 0.3) is 0 Å². The molecule has 0 radical (unpaired) electrons. The fourth-order valence-electron chi connectivity index (χ4n) is 3.44. The van der Waals surface area contributed by atoms with Gasteiger partial charge in [-0.25, -0.2) is 4.79 Å². The highest BCUT2D eigenvalue weighted by molar-refractivity contribution is 7.99. The molecule has 2 saturated heterocycles. The van der Waals surface area contributed by atoms with Gasteiger partial charge in [0.05, 0.1) is 12.2 Å². The zero-order chi connectivity index (χ0) is 20.4. The van der Waals surface area contributed by atoms with Crippen LogP contribution in [0.2, 0.25) is 5.02 Å². The van der Waals surface area contributed by atoms with Gasteiger partial charge in [0.15, 0.2) is 12.4 Å². The number of hydrogen-bond acceptors (Lipinski definition) is 7. The molecule has 0 amide bonds. The van der Waals surface area contributed by atoms with E-state index in [1.54, 1.807) is 24.3 Å². The molecule has 2 aliphatic rings. The normalized spacial score (nSPS) is 31.7. The number of aliphatic hydroxyl groups is 1. The highest BCUT2D eigenvalue weighted by Gasteiger charge is 2.50. The standard InChI is InChI=1S/C21H21ClO6S/c1-29-21-18(27-19(24)12-7-9-14(22)10-8-12)16(23)17-15(26-21)11-25-20(28-17)13-5-3-2-4-6-13/h2-10,15-18,20-21,23H,11H2,1H3/t15-,16+,17+,18-,20?,21?/m1/s1. The molecule has 2 heterocycles. The Hall–Kier alpha value is -1.61. The van der Waals surface area contributed by atoms with Crippen molar-refractivity contribution in [1.82, 2.24) is 0 Å². The van der Waals surface area contributed by atoms with Gasteiger partial charge in [-0.1, -0.05) is 41.9 Å². The van der Waals surface area contributed by atoms with Crippen LogP contribution in [0.1, 0.15) is 22.2 Å². The van der Waals surface area contributed by atoms with Crippen LogP contribution in [-0.2, 0) is 18.9 Å². The van der Waals surface area contributed by atoms with Crippen LogP contribution in [0.4, 0.5) is 0 Å². The predicted octanol–water partition coefficient (Wildman–Crippen LogP) is 3.43. The van der Waals surface area contributed by atoms with Crippen LogP contribution in [0.3, 0.4) is 0 Å². The Bertz CT molecular complexity index is 833. The minimum Gasteiger partial charge on any atom is -0.452 e. The van der Waals surface area contributed by atoms with Crippen molar-refractivity contribution in [2.24, 2.45) is 0 Å². The first-order chi connectivity index (χ1) is 14.1. The van der Waals surface area contributed by atoms with Crippen LogP contribution in [0.5, 0.6) is 0 Å². The maximum Gasteiger partial charge on any atom is 0.338 e. The number of benzene rings is 2. The largest absolute Gasteiger partial charge is 0.452 e. The molecule has 0 bridgehead atoms. The maximum atomic E-state index is 12.6. The number of ether oxygens (including phenoxy) is 4. The fourth-order valence-corrected chi connectivity index (χ4v) is 4.30. The second kappa shape index (κ2) is 9.04. The summed E-state index contributed by atoms with van der Waals surface area (Å²) < 4.78 is 23.4. The van der Waals surface area contributed by atoms with Crippen molar-refractivity contribution in [3.8, 4) is 0 Å². The lowest BCUT2D eigenvalue weighted by Gasteiger charge is -2.47. The number of carbonyl (C=O) groups is 1. The molecule has 2 aromatic rings. The van der Waals surface area contributed by atoms with Gasteiger partial charge in [0.2, 0.25) is 0 Å². The van der Waals surface area contributed by atoms with E-state index in [1.165, 1.54) is 11.8 Å². The first-order valence-electron chi connectivity index (χ1n) is 9.21. The third-order valence-electron chi connectivity index (χ3n) is 4.94. The second-order valence-electron chi connectivity index (χ2n) is 6.82. The SMILES string of the molecule is CSC1O[C@@H]2COC(c3ccccc3)O[C@@H]2[C@H](O)[C@H]1OC(=O)c1ccc(Cl)cc1. The summed E-state index contributed by atoms with van der Waals surface area (Å²) in [5, 5.41) is 11.5. The Morgan fingerprint density at radius 2 is 1.86 bits per heavy atom. The molecule has 29 heavy (non-hydrogen) atoms. The van der Waals surface area contributed by atoms with Gasteiger partial charge in [0.1, 0.15) is 23.7 Å². The van der Waals surface area contributed by atoms with Crippen LogP contribution in [0.15, 0.2) is 54.6 Å². The molecule has 0 saturated carbocycles. The van der Waals surface area contributed by atoms with E-state index in [2.05, 4.69) is 0 Å². The third kappa shape index (κ3) is 4.45. The summed E-state index contributed by atoms with van der Waals surface area (Å²) in [6.45, 7) is 0.274. The predicted molar refractivity (Wildman–Crippen MR) is 109 cm³/mol. The maximum absolute atomic E-state index is 12.6. The summed E-state index contributed by atoms with van der Waals surface area (Å²) in [4.78, 5) is 12.6. The third-order valence-corrected chi connectivity index (χ3v) is 6.03. The smallest absolute Gasteiger partial charge is 0.338 e. The number of fused-ring (bicyclic) bond motifs is 1. The molecular formula is C21H21ClO6S. The number of halogens is 1. The number of hydrogen-bond donors (Lipinski definition) is 1. The average molecular weight is 437 g/mol. The summed E-state index contributed by atoms with van der Waals surface area (Å²) in [6, 6.07) is 15.9. The molecule has 0 spiro atoms. The Balaban J connectivity index is 1.50. The Labute approximate surface area is 178 Å². The van der Waals surface area contributed by atoms with Crippen LogP contribution < -0.4 is 0 Å². The Morgan fingerprint density at radius 1 is 1.14 bits per heavy atom. The lowest BCUT2D eigenvalue weighted by atomic mass is 9.98. The van der Waals surface area contributed by atoms with Gasteiger partial charge < -0.3 is 24.1 Å². The zero-order valence-electron chi connectivity index (χ0n) is 15.6. The molecule has 154 valence electrons. The van der Waals surface area contributed by atoms with Crippen molar-refractivity contribution >= 4 is 29.3 Å². The van der Waals surface area contributed by atoms with Gasteiger partial charge in [-0.05, 0) is 30.5 Å². The van der Waals surface area contributed by atoms with E-state index < -0.39 is 42.1 Å². The van der Waals surface area contributed by atoms with E-state index >= 15 is 0 Å². The molecule has 2 aliphatic heterocycles. The van der Waals surface area contributed by atoms with Crippen LogP contribution in [0, 0.1) is 0 Å². The van der Waals surface area contributed by atoms with E-state index in [9.17, 15) is 9.90 Å². The molecule has 0 aromatic heterocycles. The molecule has 6 nitrogen and oxygen atoms in total. The van der Waals surface area contributed by atoms with Crippen LogP contribution in [0.25, 0.3) is 0 Å². The topological polar surface area (TPSA) is 74.2 Å². The number of rotatable bonds is 4.